The smallest absolute Gasteiger partial charge is 0.261 e. The second kappa shape index (κ2) is 6.45. The molecule has 1 aliphatic rings. The van der Waals surface area contributed by atoms with Crippen LogP contribution in [0.5, 0.6) is 0 Å². The first-order chi connectivity index (χ1) is 13.6. The summed E-state index contributed by atoms with van der Waals surface area (Å²) in [7, 11) is 1.72. The van der Waals surface area contributed by atoms with Crippen LogP contribution in [0.4, 0.5) is 0 Å². The van der Waals surface area contributed by atoms with E-state index in [1.54, 1.807) is 24.1 Å². The topological polar surface area (TPSA) is 73.8 Å². The fourth-order valence-corrected chi connectivity index (χ4v) is 4.01. The van der Waals surface area contributed by atoms with Crippen LogP contribution < -0.4 is 16.4 Å². The lowest BCUT2D eigenvalue weighted by Gasteiger charge is -2.25. The third-order valence-electron chi connectivity index (χ3n) is 5.63. The van der Waals surface area contributed by atoms with Gasteiger partial charge in [0.1, 0.15) is 0 Å². The summed E-state index contributed by atoms with van der Waals surface area (Å²) in [6.07, 6.45) is 7.30. The maximum absolute atomic E-state index is 13.0. The summed E-state index contributed by atoms with van der Waals surface area (Å²) in [6.45, 7) is 1.89. The molecule has 1 N–H and O–H groups in total. The van der Waals surface area contributed by atoms with Crippen LogP contribution in [0.2, 0.25) is 0 Å². The molecule has 0 atom stereocenters. The quantitative estimate of drug-likeness (QED) is 0.581. The van der Waals surface area contributed by atoms with Crippen molar-refractivity contribution in [2.75, 3.05) is 13.1 Å². The fraction of sp³-hybridized carbons (Fsp3) is 0.286. The summed E-state index contributed by atoms with van der Waals surface area (Å²) < 4.78 is 5.11. The summed E-state index contributed by atoms with van der Waals surface area (Å²) in [5.74, 6) is 0. The number of nitrogens with zero attached hydrogens (tertiary/aromatic N) is 4. The van der Waals surface area contributed by atoms with Crippen LogP contribution >= 0.6 is 0 Å². The molecule has 0 amide bonds. The Balaban J connectivity index is 1.60. The second-order valence-corrected chi connectivity index (χ2v) is 7.39. The Morgan fingerprint density at radius 2 is 1.82 bits per heavy atom. The molecule has 1 aliphatic heterocycles. The number of aryl methyl sites for hydroxylation is 1. The molecule has 3 aromatic heterocycles. The fourth-order valence-electron chi connectivity index (χ4n) is 4.01. The maximum atomic E-state index is 13.0. The van der Waals surface area contributed by atoms with Gasteiger partial charge in [-0.05, 0) is 61.6 Å². The number of hydrogen-bond acceptors (Lipinski definition) is 4. The molecule has 7 heteroatoms. The molecule has 28 heavy (non-hydrogen) atoms. The maximum Gasteiger partial charge on any atom is 0.261 e. The van der Waals surface area contributed by atoms with Crippen molar-refractivity contribution in [2.24, 2.45) is 7.05 Å². The van der Waals surface area contributed by atoms with Gasteiger partial charge in [-0.3, -0.25) is 9.59 Å². The number of nitrogens with one attached hydrogen (secondary N) is 1. The molecule has 0 radical (unpaired) electrons. The molecule has 0 saturated carbocycles. The van der Waals surface area contributed by atoms with E-state index in [0.717, 1.165) is 37.0 Å². The summed E-state index contributed by atoms with van der Waals surface area (Å²) >= 11 is 0. The Bertz CT molecular complexity index is 1310. The average molecular weight is 375 g/mol. The van der Waals surface area contributed by atoms with Crippen LogP contribution in [0.3, 0.4) is 0 Å². The van der Waals surface area contributed by atoms with Crippen molar-refractivity contribution in [1.29, 1.82) is 0 Å². The molecule has 1 saturated heterocycles. The van der Waals surface area contributed by atoms with E-state index in [1.165, 1.54) is 4.57 Å². The van der Waals surface area contributed by atoms with E-state index in [9.17, 15) is 9.59 Å². The zero-order valence-electron chi connectivity index (χ0n) is 15.6. The molecule has 4 aromatic rings. The number of hydrogen-bond donors (Lipinski definition) is 1. The van der Waals surface area contributed by atoms with Crippen LogP contribution in [0, 0.1) is 0 Å². The minimum atomic E-state index is -0.0746. The van der Waals surface area contributed by atoms with Crippen LogP contribution in [0.15, 0.2) is 58.5 Å². The van der Waals surface area contributed by atoms with E-state index in [2.05, 4.69) is 10.4 Å². The van der Waals surface area contributed by atoms with E-state index >= 15 is 0 Å². The van der Waals surface area contributed by atoms with Gasteiger partial charge >= 0.3 is 0 Å². The van der Waals surface area contributed by atoms with Crippen molar-refractivity contribution < 1.29 is 0 Å². The molecule has 1 fully saturated rings. The molecule has 0 unspecified atom stereocenters. The van der Waals surface area contributed by atoms with Gasteiger partial charge in [0.25, 0.3) is 11.1 Å². The van der Waals surface area contributed by atoms with Gasteiger partial charge in [0, 0.05) is 37.1 Å². The highest BCUT2D eigenvalue weighted by atomic mass is 16.1. The predicted octanol–water partition coefficient (Wildman–Crippen LogP) is 1.96. The van der Waals surface area contributed by atoms with E-state index in [-0.39, 0.29) is 17.2 Å². The largest absolute Gasteiger partial charge is 0.318 e. The molecule has 0 aliphatic carbocycles. The lowest BCUT2D eigenvalue weighted by atomic mass is 10.1. The third-order valence-corrected chi connectivity index (χ3v) is 5.63. The number of aromatic nitrogens is 4. The van der Waals surface area contributed by atoms with Crippen LogP contribution in [0.1, 0.15) is 18.9 Å². The zero-order chi connectivity index (χ0) is 19.3. The van der Waals surface area contributed by atoms with Gasteiger partial charge in [0.05, 0.1) is 16.6 Å². The van der Waals surface area contributed by atoms with Crippen LogP contribution in [-0.4, -0.2) is 32.0 Å². The van der Waals surface area contributed by atoms with Crippen LogP contribution in [-0.2, 0) is 7.05 Å². The third kappa shape index (κ3) is 2.66. The second-order valence-electron chi connectivity index (χ2n) is 7.39. The molecular formula is C21H21N5O2. The monoisotopic (exact) mass is 375 g/mol. The van der Waals surface area contributed by atoms with Crippen molar-refractivity contribution >= 4 is 21.7 Å². The highest BCUT2D eigenvalue weighted by molar-refractivity contribution is 5.84. The Morgan fingerprint density at radius 1 is 1.00 bits per heavy atom. The SMILES string of the molecule is Cn1ccc2nn(-c3ccc4c(=O)n(C5CCNCC5)ccc4c3)cc2c1=O. The number of benzene rings is 1. The number of pyridine rings is 2. The van der Waals surface area contributed by atoms with Gasteiger partial charge in [-0.1, -0.05) is 0 Å². The molecular weight excluding hydrogens is 354 g/mol. The average Bonchev–Trinajstić information content (AvgIpc) is 3.17. The highest BCUT2D eigenvalue weighted by Crippen LogP contribution is 2.21. The Kier molecular flexibility index (Phi) is 3.91. The first-order valence-electron chi connectivity index (χ1n) is 9.53. The van der Waals surface area contributed by atoms with Crippen molar-refractivity contribution in [2.45, 2.75) is 18.9 Å². The number of rotatable bonds is 2. The van der Waals surface area contributed by atoms with E-state index in [4.69, 9.17) is 0 Å². The molecule has 5 rings (SSSR count). The van der Waals surface area contributed by atoms with Gasteiger partial charge in [-0.25, -0.2) is 4.68 Å². The Hall–Kier alpha value is -3.19. The predicted molar refractivity (Wildman–Crippen MR) is 109 cm³/mol. The van der Waals surface area contributed by atoms with Crippen LogP contribution in [0.25, 0.3) is 27.4 Å². The van der Waals surface area contributed by atoms with Crippen molar-refractivity contribution in [3.8, 4) is 5.69 Å². The first kappa shape index (κ1) is 16.9. The normalized spacial score (nSPS) is 15.5. The molecule has 7 nitrogen and oxygen atoms in total. The molecule has 0 bridgehead atoms. The van der Waals surface area contributed by atoms with Gasteiger partial charge in [0.2, 0.25) is 0 Å². The Morgan fingerprint density at radius 3 is 2.64 bits per heavy atom. The summed E-state index contributed by atoms with van der Waals surface area (Å²) in [5.41, 5.74) is 1.46. The number of fused-ring (bicyclic) bond motifs is 2. The zero-order valence-corrected chi connectivity index (χ0v) is 15.6. The summed E-state index contributed by atoms with van der Waals surface area (Å²) in [6, 6.07) is 9.75. The van der Waals surface area contributed by atoms with Crippen molar-refractivity contribution in [1.82, 2.24) is 24.2 Å². The molecule has 1 aromatic carbocycles. The van der Waals surface area contributed by atoms with Gasteiger partial charge < -0.3 is 14.5 Å². The number of piperidine rings is 1. The van der Waals surface area contributed by atoms with E-state index < -0.39 is 0 Å². The minimum Gasteiger partial charge on any atom is -0.318 e. The Labute approximate surface area is 160 Å². The van der Waals surface area contributed by atoms with Gasteiger partial charge in [-0.2, -0.15) is 5.10 Å². The molecule has 142 valence electrons. The van der Waals surface area contributed by atoms with E-state index in [0.29, 0.717) is 16.3 Å². The minimum absolute atomic E-state index is 0.0513. The van der Waals surface area contributed by atoms with Crippen molar-refractivity contribution in [3.05, 3.63) is 69.6 Å². The van der Waals surface area contributed by atoms with Crippen molar-refractivity contribution in [3.63, 3.8) is 0 Å². The summed E-state index contributed by atoms with van der Waals surface area (Å²) in [5, 5.41) is 10.0. The lowest BCUT2D eigenvalue weighted by molar-refractivity contribution is 0.362. The highest BCUT2D eigenvalue weighted by Gasteiger charge is 2.17. The standard InChI is InChI=1S/C21H21N5O2/c1-24-10-7-19-18(20(24)27)13-26(23-19)16-2-3-17-14(12-16)6-11-25(21(17)28)15-4-8-22-9-5-15/h2-3,6-7,10-13,15,22H,4-5,8-9H2,1H3. The summed E-state index contributed by atoms with van der Waals surface area (Å²) in [4.78, 5) is 25.3. The van der Waals surface area contributed by atoms with Gasteiger partial charge in [-0.15, -0.1) is 0 Å². The molecule has 0 spiro atoms. The first-order valence-corrected chi connectivity index (χ1v) is 9.53. The van der Waals surface area contributed by atoms with E-state index in [1.807, 2.05) is 41.1 Å². The molecule has 4 heterocycles. The van der Waals surface area contributed by atoms with Gasteiger partial charge in [0.15, 0.2) is 0 Å². The lowest BCUT2D eigenvalue weighted by Crippen LogP contribution is -2.34.